The number of carbonyl (C=O) groups excluding carboxylic acids is 2. The first kappa shape index (κ1) is 32.1. The van der Waals surface area contributed by atoms with Crippen LogP contribution in [0.1, 0.15) is 69.5 Å². The van der Waals surface area contributed by atoms with Crippen molar-refractivity contribution >= 4 is 12.2 Å². The molecule has 0 unspecified atom stereocenters. The summed E-state index contributed by atoms with van der Waals surface area (Å²) in [6, 6.07) is -0.466. The van der Waals surface area contributed by atoms with E-state index in [0.29, 0.717) is 24.4 Å². The van der Waals surface area contributed by atoms with E-state index in [2.05, 4.69) is 9.97 Å². The van der Waals surface area contributed by atoms with Crippen molar-refractivity contribution in [2.75, 3.05) is 7.11 Å². The number of ether oxygens (including phenoxy) is 2. The number of alkyl halides is 6. The van der Waals surface area contributed by atoms with Crippen LogP contribution in [0, 0.1) is 0 Å². The lowest BCUT2D eigenvalue weighted by molar-refractivity contribution is -0.143. The van der Waals surface area contributed by atoms with Crippen LogP contribution in [0.15, 0.2) is 30.6 Å². The third-order valence-electron chi connectivity index (χ3n) is 6.78. The minimum absolute atomic E-state index is 0.0395. The number of halogens is 6. The fourth-order valence-electron chi connectivity index (χ4n) is 5.06. The van der Waals surface area contributed by atoms with Gasteiger partial charge in [-0.3, -0.25) is 0 Å². The first-order valence-corrected chi connectivity index (χ1v) is 13.1. The summed E-state index contributed by atoms with van der Waals surface area (Å²) in [5, 5.41) is 0. The minimum atomic E-state index is -5.04. The lowest BCUT2D eigenvalue weighted by atomic mass is 9.87. The smallest absolute Gasteiger partial charge is 0.416 e. The fraction of sp³-hybridized carbons (Fsp3) is 0.593. The van der Waals surface area contributed by atoms with Crippen LogP contribution in [-0.2, 0) is 34.8 Å². The highest BCUT2D eigenvalue weighted by Crippen LogP contribution is 2.38. The van der Waals surface area contributed by atoms with Gasteiger partial charge in [0.1, 0.15) is 11.4 Å². The van der Waals surface area contributed by atoms with Gasteiger partial charge in [0.05, 0.1) is 18.2 Å². The quantitative estimate of drug-likeness (QED) is 0.373. The van der Waals surface area contributed by atoms with Gasteiger partial charge in [-0.2, -0.15) is 26.3 Å². The van der Waals surface area contributed by atoms with Gasteiger partial charge >= 0.3 is 24.5 Å². The Kier molecular flexibility index (Phi) is 9.54. The van der Waals surface area contributed by atoms with Crippen molar-refractivity contribution in [3.8, 4) is 0 Å². The highest BCUT2D eigenvalue weighted by molar-refractivity contribution is 5.70. The Hall–Kier alpha value is -3.45. The first-order valence-electron chi connectivity index (χ1n) is 13.1. The number of likely N-dealkylation sites (tertiary alicyclic amines) is 1. The molecule has 1 N–H and O–H groups in total. The molecule has 2 amide bonds. The van der Waals surface area contributed by atoms with Crippen LogP contribution in [0.2, 0.25) is 0 Å². The molecule has 0 spiro atoms. The number of methoxy groups -OCH3 is 1. The Labute approximate surface area is 234 Å². The van der Waals surface area contributed by atoms with E-state index in [4.69, 9.17) is 9.47 Å². The number of carbonyl (C=O) groups is 2. The number of imidazole rings is 1. The van der Waals surface area contributed by atoms with Gasteiger partial charge in [0.15, 0.2) is 0 Å². The van der Waals surface area contributed by atoms with Crippen molar-refractivity contribution in [1.82, 2.24) is 19.8 Å². The minimum Gasteiger partial charge on any atom is -0.453 e. The van der Waals surface area contributed by atoms with Crippen LogP contribution < -0.4 is 0 Å². The SMILES string of the molecule is CC[C@@H]1C[C@H](N(Cc2cc(C(F)(F)F)cc(C(F)(F)F)c2)C(=O)OC)C[C@H](Cc2ncc[nH]2)N1C(=O)OC(C)(C)C. The third-order valence-corrected chi connectivity index (χ3v) is 6.78. The zero-order valence-electron chi connectivity index (χ0n) is 23.4. The maximum absolute atomic E-state index is 13.5. The molecule has 1 aliphatic rings. The molecular formula is C27H34F6N4O4. The fourth-order valence-corrected chi connectivity index (χ4v) is 5.06. The summed E-state index contributed by atoms with van der Waals surface area (Å²) in [4.78, 5) is 36.2. The van der Waals surface area contributed by atoms with Crippen LogP contribution in [0.5, 0.6) is 0 Å². The Morgan fingerprint density at radius 2 is 1.61 bits per heavy atom. The molecule has 8 nitrogen and oxygen atoms in total. The van der Waals surface area contributed by atoms with Crippen LogP contribution in [0.4, 0.5) is 35.9 Å². The van der Waals surface area contributed by atoms with E-state index in [9.17, 15) is 35.9 Å². The number of hydrogen-bond donors (Lipinski definition) is 1. The van der Waals surface area contributed by atoms with Crippen molar-refractivity contribution < 1.29 is 45.4 Å². The van der Waals surface area contributed by atoms with E-state index in [1.54, 1.807) is 31.9 Å². The maximum atomic E-state index is 13.5. The van der Waals surface area contributed by atoms with E-state index < -0.39 is 65.9 Å². The van der Waals surface area contributed by atoms with Crippen molar-refractivity contribution in [2.24, 2.45) is 0 Å². The van der Waals surface area contributed by atoms with Gasteiger partial charge in [-0.1, -0.05) is 6.92 Å². The van der Waals surface area contributed by atoms with Crippen LogP contribution in [0.3, 0.4) is 0 Å². The van der Waals surface area contributed by atoms with Gasteiger partial charge in [0.2, 0.25) is 0 Å². The lowest BCUT2D eigenvalue weighted by Gasteiger charge is -2.47. The molecule has 14 heteroatoms. The summed E-state index contributed by atoms with van der Waals surface area (Å²) in [5.41, 5.74) is -4.11. The molecule has 3 atom stereocenters. The molecule has 0 bridgehead atoms. The zero-order valence-corrected chi connectivity index (χ0v) is 23.4. The number of hydrogen-bond acceptors (Lipinski definition) is 5. The Morgan fingerprint density at radius 3 is 2.07 bits per heavy atom. The second kappa shape index (κ2) is 12.2. The highest BCUT2D eigenvalue weighted by Gasteiger charge is 2.43. The van der Waals surface area contributed by atoms with E-state index in [1.165, 1.54) is 6.20 Å². The van der Waals surface area contributed by atoms with Crippen molar-refractivity contribution in [3.63, 3.8) is 0 Å². The lowest BCUT2D eigenvalue weighted by Crippen LogP contribution is -2.58. The normalized spacial score (nSPS) is 20.1. The molecule has 1 fully saturated rings. The number of piperidine rings is 1. The average molecular weight is 593 g/mol. The summed E-state index contributed by atoms with van der Waals surface area (Å²) in [6.07, 6.45) is -7.37. The van der Waals surface area contributed by atoms with Crippen molar-refractivity contribution in [3.05, 3.63) is 53.1 Å². The molecule has 2 heterocycles. The summed E-state index contributed by atoms with van der Waals surface area (Å²) >= 11 is 0. The molecule has 1 aromatic heterocycles. The monoisotopic (exact) mass is 592 g/mol. The molecule has 0 saturated carbocycles. The number of amides is 2. The van der Waals surface area contributed by atoms with Gasteiger partial charge < -0.3 is 24.3 Å². The largest absolute Gasteiger partial charge is 0.453 e. The Balaban J connectivity index is 2.01. The second-order valence-corrected chi connectivity index (χ2v) is 11.0. The van der Waals surface area contributed by atoms with E-state index in [0.717, 1.165) is 12.0 Å². The molecule has 0 radical (unpaired) electrons. The molecule has 1 saturated heterocycles. The van der Waals surface area contributed by atoms with E-state index >= 15 is 0 Å². The Bertz CT molecular complexity index is 1160. The van der Waals surface area contributed by atoms with Crippen molar-refractivity contribution in [1.29, 1.82) is 0 Å². The topological polar surface area (TPSA) is 87.8 Å². The molecule has 2 aromatic rings. The molecule has 41 heavy (non-hydrogen) atoms. The number of H-pyrrole nitrogens is 1. The van der Waals surface area contributed by atoms with Gasteiger partial charge in [-0.15, -0.1) is 0 Å². The van der Waals surface area contributed by atoms with Crippen molar-refractivity contribution in [2.45, 2.75) is 96.0 Å². The first-order chi connectivity index (χ1) is 18.9. The van der Waals surface area contributed by atoms with Crippen LogP contribution >= 0.6 is 0 Å². The van der Waals surface area contributed by atoms with Crippen LogP contribution in [0.25, 0.3) is 0 Å². The third kappa shape index (κ3) is 8.29. The predicted molar refractivity (Wildman–Crippen MR) is 136 cm³/mol. The average Bonchev–Trinajstić information content (AvgIpc) is 3.37. The van der Waals surface area contributed by atoms with Gasteiger partial charge in [0.25, 0.3) is 0 Å². The summed E-state index contributed by atoms with van der Waals surface area (Å²) in [6.45, 7) is 6.44. The molecular weight excluding hydrogens is 558 g/mol. The molecule has 1 aromatic carbocycles. The second-order valence-electron chi connectivity index (χ2n) is 11.0. The maximum Gasteiger partial charge on any atom is 0.416 e. The number of rotatable bonds is 6. The van der Waals surface area contributed by atoms with Crippen LogP contribution in [-0.4, -0.2) is 62.8 Å². The summed E-state index contributed by atoms with van der Waals surface area (Å²) in [7, 11) is 1.08. The number of nitrogens with zero attached hydrogens (tertiary/aromatic N) is 3. The molecule has 3 rings (SSSR count). The highest BCUT2D eigenvalue weighted by atomic mass is 19.4. The van der Waals surface area contributed by atoms with Gasteiger partial charge in [-0.25, -0.2) is 14.6 Å². The zero-order chi connectivity index (χ0) is 30.8. The standard InChI is InChI=1S/C27H34F6N4O4/c1-6-19-12-20(13-21(14-22-34-7-8-35-22)37(19)24(39)41-25(2,3)4)36(23(38)40-5)15-16-9-17(26(28,29)30)11-18(10-16)27(31,32)33/h7-11,19-21H,6,12-15H2,1-5H3,(H,34,35)/t19-,20+,21-/m1/s1. The number of nitrogens with one attached hydrogen (secondary N) is 1. The number of aromatic nitrogens is 2. The number of benzene rings is 1. The molecule has 0 aliphatic carbocycles. The van der Waals surface area contributed by atoms with Gasteiger partial charge in [-0.05, 0) is 63.8 Å². The predicted octanol–water partition coefficient (Wildman–Crippen LogP) is 6.81. The Morgan fingerprint density at radius 1 is 1.02 bits per heavy atom. The van der Waals surface area contributed by atoms with E-state index in [-0.39, 0.29) is 30.9 Å². The van der Waals surface area contributed by atoms with E-state index in [1.807, 2.05) is 6.92 Å². The molecule has 1 aliphatic heterocycles. The number of aromatic amines is 1. The molecule has 228 valence electrons. The summed E-state index contributed by atoms with van der Waals surface area (Å²) < 4.78 is 91.5. The van der Waals surface area contributed by atoms with Gasteiger partial charge in [0, 0.05) is 43.5 Å². The summed E-state index contributed by atoms with van der Waals surface area (Å²) in [5.74, 6) is 0.552.